The van der Waals surface area contributed by atoms with Crippen LogP contribution in [0.5, 0.6) is 0 Å². The Labute approximate surface area is 177 Å². The molecular formula is C21H30FN3O4S. The molecule has 1 aromatic rings. The lowest BCUT2D eigenvalue weighted by Gasteiger charge is -2.30. The molecule has 9 heteroatoms. The molecule has 3 rings (SSSR count). The van der Waals surface area contributed by atoms with Crippen LogP contribution in [-0.2, 0) is 19.6 Å². The third-order valence-electron chi connectivity index (χ3n) is 5.87. The predicted molar refractivity (Wildman–Crippen MR) is 111 cm³/mol. The minimum absolute atomic E-state index is 0.0545. The van der Waals surface area contributed by atoms with Gasteiger partial charge in [-0.15, -0.1) is 0 Å². The molecular weight excluding hydrogens is 409 g/mol. The number of likely N-dealkylation sites (tertiary alicyclic amines) is 1. The van der Waals surface area contributed by atoms with Crippen LogP contribution < -0.4 is 5.32 Å². The fourth-order valence-electron chi connectivity index (χ4n) is 4.03. The van der Waals surface area contributed by atoms with Gasteiger partial charge in [-0.25, -0.2) is 12.8 Å². The number of sulfonamides is 1. The van der Waals surface area contributed by atoms with Gasteiger partial charge in [0, 0.05) is 45.1 Å². The van der Waals surface area contributed by atoms with Crippen molar-refractivity contribution in [2.75, 3.05) is 32.7 Å². The van der Waals surface area contributed by atoms with E-state index < -0.39 is 15.8 Å². The van der Waals surface area contributed by atoms with Crippen molar-refractivity contribution < 1.29 is 22.4 Å². The molecule has 2 fully saturated rings. The normalized spacial score (nSPS) is 19.3. The molecule has 7 nitrogen and oxygen atoms in total. The lowest BCUT2D eigenvalue weighted by atomic mass is 9.97. The second-order valence-electron chi connectivity index (χ2n) is 7.97. The molecule has 0 unspecified atom stereocenters. The smallest absolute Gasteiger partial charge is 0.243 e. The number of hydrogen-bond donors (Lipinski definition) is 1. The average Bonchev–Trinajstić information content (AvgIpc) is 3.04. The summed E-state index contributed by atoms with van der Waals surface area (Å²) in [6.45, 7) is 2.39. The van der Waals surface area contributed by atoms with E-state index in [1.165, 1.54) is 16.4 Å². The highest BCUT2D eigenvalue weighted by molar-refractivity contribution is 7.89. The molecule has 0 saturated carbocycles. The van der Waals surface area contributed by atoms with Crippen LogP contribution in [0.2, 0.25) is 0 Å². The molecule has 1 N–H and O–H groups in total. The van der Waals surface area contributed by atoms with Crippen LogP contribution in [0.1, 0.15) is 44.9 Å². The van der Waals surface area contributed by atoms with E-state index in [4.69, 9.17) is 0 Å². The first-order valence-corrected chi connectivity index (χ1v) is 12.1. The van der Waals surface area contributed by atoms with Crippen molar-refractivity contribution in [2.24, 2.45) is 5.92 Å². The molecule has 2 aliphatic heterocycles. The lowest BCUT2D eigenvalue weighted by Crippen LogP contribution is -2.43. The van der Waals surface area contributed by atoms with Gasteiger partial charge in [0.15, 0.2) is 0 Å². The second-order valence-corrected chi connectivity index (χ2v) is 9.91. The van der Waals surface area contributed by atoms with Crippen LogP contribution in [0.25, 0.3) is 0 Å². The molecule has 1 aromatic carbocycles. The summed E-state index contributed by atoms with van der Waals surface area (Å²) in [6.07, 6.45) is 5.55. The van der Waals surface area contributed by atoms with Crippen LogP contribution >= 0.6 is 0 Å². The SMILES string of the molecule is O=C(NCCC(=O)N1CCCCCC1)C1CCN(S(=O)(=O)c2ccc(F)cc2)CC1. The largest absolute Gasteiger partial charge is 0.355 e. The van der Waals surface area contributed by atoms with E-state index in [0.717, 1.165) is 50.9 Å². The number of halogens is 1. The third kappa shape index (κ3) is 5.78. The van der Waals surface area contributed by atoms with Crippen molar-refractivity contribution >= 4 is 21.8 Å². The predicted octanol–water partition coefficient (Wildman–Crippen LogP) is 2.14. The Morgan fingerprint density at radius 2 is 1.57 bits per heavy atom. The first-order chi connectivity index (χ1) is 14.4. The summed E-state index contributed by atoms with van der Waals surface area (Å²) in [5.41, 5.74) is 0. The number of carbonyl (C=O) groups excluding carboxylic acids is 2. The van der Waals surface area contributed by atoms with E-state index in [1.807, 2.05) is 4.90 Å². The maximum absolute atomic E-state index is 13.1. The summed E-state index contributed by atoms with van der Waals surface area (Å²) in [5.74, 6) is -0.800. The van der Waals surface area contributed by atoms with Gasteiger partial charge in [-0.05, 0) is 49.9 Å². The zero-order chi connectivity index (χ0) is 21.6. The minimum atomic E-state index is -3.69. The molecule has 2 aliphatic rings. The van der Waals surface area contributed by atoms with Gasteiger partial charge in [0.1, 0.15) is 5.82 Å². The number of amides is 2. The summed E-state index contributed by atoms with van der Waals surface area (Å²) >= 11 is 0. The number of piperidine rings is 1. The third-order valence-corrected chi connectivity index (χ3v) is 7.79. The highest BCUT2D eigenvalue weighted by atomic mass is 32.2. The molecule has 0 bridgehead atoms. The maximum Gasteiger partial charge on any atom is 0.243 e. The van der Waals surface area contributed by atoms with Crippen LogP contribution in [-0.4, -0.2) is 62.2 Å². The fourth-order valence-corrected chi connectivity index (χ4v) is 5.50. The van der Waals surface area contributed by atoms with Crippen molar-refractivity contribution in [3.63, 3.8) is 0 Å². The van der Waals surface area contributed by atoms with Crippen molar-refractivity contribution in [1.82, 2.24) is 14.5 Å². The Balaban J connectivity index is 1.42. The monoisotopic (exact) mass is 439 g/mol. The van der Waals surface area contributed by atoms with Crippen molar-refractivity contribution in [3.05, 3.63) is 30.1 Å². The van der Waals surface area contributed by atoms with E-state index in [2.05, 4.69) is 5.32 Å². The molecule has 30 heavy (non-hydrogen) atoms. The number of nitrogens with zero attached hydrogens (tertiary/aromatic N) is 2. The zero-order valence-electron chi connectivity index (χ0n) is 17.2. The van der Waals surface area contributed by atoms with Crippen LogP contribution in [0.3, 0.4) is 0 Å². The topological polar surface area (TPSA) is 86.8 Å². The Morgan fingerprint density at radius 1 is 0.967 bits per heavy atom. The first-order valence-electron chi connectivity index (χ1n) is 10.7. The van der Waals surface area contributed by atoms with Crippen molar-refractivity contribution in [1.29, 1.82) is 0 Å². The molecule has 2 heterocycles. The Hall–Kier alpha value is -2.00. The molecule has 166 valence electrons. The fraction of sp³-hybridized carbons (Fsp3) is 0.619. The highest BCUT2D eigenvalue weighted by Gasteiger charge is 2.32. The average molecular weight is 440 g/mol. The standard InChI is InChI=1S/C21H30FN3O4S/c22-18-5-7-19(8-6-18)30(28,29)25-15-10-17(11-16-25)21(27)23-12-9-20(26)24-13-3-1-2-4-14-24/h5-8,17H,1-4,9-16H2,(H,23,27). The molecule has 0 spiro atoms. The van der Waals surface area contributed by atoms with Gasteiger partial charge >= 0.3 is 0 Å². The maximum atomic E-state index is 13.1. The number of hydrogen-bond acceptors (Lipinski definition) is 4. The Morgan fingerprint density at radius 3 is 2.17 bits per heavy atom. The number of rotatable bonds is 6. The Kier molecular flexibility index (Phi) is 7.82. The Bertz CT molecular complexity index is 828. The van der Waals surface area contributed by atoms with E-state index >= 15 is 0 Å². The summed E-state index contributed by atoms with van der Waals surface area (Å²) in [6, 6.07) is 4.76. The molecule has 0 atom stereocenters. The highest BCUT2D eigenvalue weighted by Crippen LogP contribution is 2.24. The number of benzene rings is 1. The van der Waals surface area contributed by atoms with E-state index in [-0.39, 0.29) is 35.7 Å². The number of carbonyl (C=O) groups is 2. The van der Waals surface area contributed by atoms with Gasteiger partial charge in [0.05, 0.1) is 4.90 Å². The summed E-state index contributed by atoms with van der Waals surface area (Å²) in [7, 11) is -3.69. The van der Waals surface area contributed by atoms with Crippen molar-refractivity contribution in [2.45, 2.75) is 49.8 Å². The van der Waals surface area contributed by atoms with Gasteiger partial charge in [-0.1, -0.05) is 12.8 Å². The van der Waals surface area contributed by atoms with Gasteiger partial charge in [-0.3, -0.25) is 9.59 Å². The first kappa shape index (κ1) is 22.7. The van der Waals surface area contributed by atoms with Crippen LogP contribution in [0.4, 0.5) is 4.39 Å². The van der Waals surface area contributed by atoms with E-state index in [0.29, 0.717) is 25.8 Å². The summed E-state index contributed by atoms with van der Waals surface area (Å²) in [4.78, 5) is 26.7. The summed E-state index contributed by atoms with van der Waals surface area (Å²) < 4.78 is 39.7. The van der Waals surface area contributed by atoms with Crippen LogP contribution in [0.15, 0.2) is 29.2 Å². The molecule has 2 amide bonds. The molecule has 0 aromatic heterocycles. The van der Waals surface area contributed by atoms with Gasteiger partial charge in [-0.2, -0.15) is 4.31 Å². The lowest BCUT2D eigenvalue weighted by molar-refractivity contribution is -0.131. The minimum Gasteiger partial charge on any atom is -0.355 e. The molecule has 0 radical (unpaired) electrons. The molecule has 0 aliphatic carbocycles. The second kappa shape index (κ2) is 10.3. The van der Waals surface area contributed by atoms with Gasteiger partial charge < -0.3 is 10.2 Å². The van der Waals surface area contributed by atoms with E-state index in [1.54, 1.807) is 0 Å². The quantitative estimate of drug-likeness (QED) is 0.736. The zero-order valence-corrected chi connectivity index (χ0v) is 18.0. The van der Waals surface area contributed by atoms with Crippen LogP contribution in [0, 0.1) is 11.7 Å². The van der Waals surface area contributed by atoms with Gasteiger partial charge in [0.2, 0.25) is 21.8 Å². The molecule has 2 saturated heterocycles. The van der Waals surface area contributed by atoms with E-state index in [9.17, 15) is 22.4 Å². The number of nitrogens with one attached hydrogen (secondary N) is 1. The van der Waals surface area contributed by atoms with Gasteiger partial charge in [0.25, 0.3) is 0 Å². The summed E-state index contributed by atoms with van der Waals surface area (Å²) in [5, 5.41) is 2.83. The van der Waals surface area contributed by atoms with Crippen molar-refractivity contribution in [3.8, 4) is 0 Å².